The summed E-state index contributed by atoms with van der Waals surface area (Å²) >= 11 is 0. The van der Waals surface area contributed by atoms with Crippen LogP contribution in [-0.4, -0.2) is 70.0 Å². The van der Waals surface area contributed by atoms with E-state index in [0.29, 0.717) is 5.75 Å². The number of phenols is 1. The summed E-state index contributed by atoms with van der Waals surface area (Å²) in [7, 11) is 1.46. The fourth-order valence-electron chi connectivity index (χ4n) is 3.41. The second-order valence-electron chi connectivity index (χ2n) is 6.92. The van der Waals surface area contributed by atoms with Gasteiger partial charge in [-0.2, -0.15) is 0 Å². The molecule has 5 N–H and O–H groups in total. The highest BCUT2D eigenvalue weighted by Gasteiger charge is 2.44. The summed E-state index contributed by atoms with van der Waals surface area (Å²) in [5, 5.41) is 49.7. The largest absolute Gasteiger partial charge is 0.507 e. The van der Waals surface area contributed by atoms with Crippen molar-refractivity contribution in [1.29, 1.82) is 0 Å². The van der Waals surface area contributed by atoms with Crippen LogP contribution >= 0.6 is 0 Å². The molecule has 1 aromatic heterocycles. The Balaban J connectivity index is 1.74. The van der Waals surface area contributed by atoms with E-state index in [4.69, 9.17) is 18.6 Å². The minimum Gasteiger partial charge on any atom is -0.507 e. The van der Waals surface area contributed by atoms with E-state index in [1.54, 1.807) is 12.1 Å². The van der Waals surface area contributed by atoms with Gasteiger partial charge in [0.05, 0.1) is 19.1 Å². The molecule has 0 unspecified atom stereocenters. The zero-order valence-electron chi connectivity index (χ0n) is 15.8. The standard InChI is InChI=1S/C20H20O10/c1-27-8-2-3-12-10(4-8)16(23)15-11(22)5-9(6-13(15)29-12)28-20-19(26)18(25)17(24)14(7-21)30-20/h2-6,14,17-22,24-26H,7H2,1H3/t14-,17-,18+,19-,20-/m1/s1. The number of hydrogen-bond acceptors (Lipinski definition) is 10. The quantitative estimate of drug-likeness (QED) is 0.359. The topological polar surface area (TPSA) is 159 Å². The Morgan fingerprint density at radius 2 is 1.77 bits per heavy atom. The lowest BCUT2D eigenvalue weighted by atomic mass is 9.99. The van der Waals surface area contributed by atoms with Gasteiger partial charge in [-0.05, 0) is 18.2 Å². The number of phenolic OH excluding ortho intramolecular Hbond substituents is 1. The smallest absolute Gasteiger partial charge is 0.229 e. The van der Waals surface area contributed by atoms with Gasteiger partial charge in [0.15, 0.2) is 0 Å². The Kier molecular flexibility index (Phi) is 5.26. The van der Waals surface area contributed by atoms with Crippen LogP contribution in [0, 0.1) is 0 Å². The Hall–Kier alpha value is -2.89. The highest BCUT2D eigenvalue weighted by molar-refractivity contribution is 5.94. The van der Waals surface area contributed by atoms with Crippen molar-refractivity contribution in [2.24, 2.45) is 0 Å². The lowest BCUT2D eigenvalue weighted by molar-refractivity contribution is -0.277. The molecule has 5 atom stereocenters. The fraction of sp³-hybridized carbons (Fsp3) is 0.350. The van der Waals surface area contributed by atoms with Gasteiger partial charge in [0.25, 0.3) is 0 Å². The van der Waals surface area contributed by atoms with Crippen LogP contribution in [0.1, 0.15) is 0 Å². The zero-order chi connectivity index (χ0) is 21.6. The third kappa shape index (κ3) is 3.34. The maximum atomic E-state index is 12.8. The van der Waals surface area contributed by atoms with Gasteiger partial charge in [-0.3, -0.25) is 4.79 Å². The summed E-state index contributed by atoms with van der Waals surface area (Å²) in [4.78, 5) is 12.8. The third-order valence-corrected chi connectivity index (χ3v) is 5.03. The molecule has 10 heteroatoms. The van der Waals surface area contributed by atoms with E-state index in [-0.39, 0.29) is 27.7 Å². The fourth-order valence-corrected chi connectivity index (χ4v) is 3.41. The molecular formula is C20H20O10. The van der Waals surface area contributed by atoms with Crippen LogP contribution in [0.4, 0.5) is 0 Å². The maximum absolute atomic E-state index is 12.8. The average Bonchev–Trinajstić information content (AvgIpc) is 2.73. The van der Waals surface area contributed by atoms with E-state index in [2.05, 4.69) is 0 Å². The van der Waals surface area contributed by atoms with E-state index in [1.807, 2.05) is 0 Å². The predicted molar refractivity (Wildman–Crippen MR) is 103 cm³/mol. The normalized spacial score (nSPS) is 26.8. The molecule has 0 spiro atoms. The van der Waals surface area contributed by atoms with Gasteiger partial charge in [-0.15, -0.1) is 0 Å². The molecule has 0 radical (unpaired) electrons. The van der Waals surface area contributed by atoms with Gasteiger partial charge in [0.1, 0.15) is 58.2 Å². The molecule has 10 nitrogen and oxygen atoms in total. The van der Waals surface area contributed by atoms with Gasteiger partial charge < -0.3 is 44.2 Å². The molecule has 4 rings (SSSR count). The number of methoxy groups -OCH3 is 1. The molecule has 0 aliphatic carbocycles. The summed E-state index contributed by atoms with van der Waals surface area (Å²) in [5.41, 5.74) is -0.183. The van der Waals surface area contributed by atoms with Gasteiger partial charge in [0, 0.05) is 12.1 Å². The molecule has 0 amide bonds. The van der Waals surface area contributed by atoms with Crippen LogP contribution in [0.2, 0.25) is 0 Å². The zero-order valence-corrected chi connectivity index (χ0v) is 15.8. The molecular weight excluding hydrogens is 400 g/mol. The van der Waals surface area contributed by atoms with Crippen LogP contribution in [0.25, 0.3) is 21.9 Å². The van der Waals surface area contributed by atoms with E-state index in [0.717, 1.165) is 6.07 Å². The summed E-state index contributed by atoms with van der Waals surface area (Å²) < 4.78 is 21.6. The molecule has 0 saturated carbocycles. The number of aliphatic hydroxyl groups is 4. The number of benzene rings is 2. The molecule has 3 aromatic rings. The Labute approximate surface area is 169 Å². The number of hydrogen-bond donors (Lipinski definition) is 5. The Bertz CT molecular complexity index is 1140. The molecule has 1 aliphatic heterocycles. The van der Waals surface area contributed by atoms with Gasteiger partial charge in [-0.25, -0.2) is 0 Å². The molecule has 160 valence electrons. The summed E-state index contributed by atoms with van der Waals surface area (Å²) in [5.74, 6) is 0.00196. The van der Waals surface area contributed by atoms with Gasteiger partial charge >= 0.3 is 0 Å². The average molecular weight is 420 g/mol. The highest BCUT2D eigenvalue weighted by Crippen LogP contribution is 2.33. The first-order chi connectivity index (χ1) is 14.3. The summed E-state index contributed by atoms with van der Waals surface area (Å²) in [6.07, 6.45) is -7.38. The molecule has 1 aliphatic rings. The Morgan fingerprint density at radius 1 is 1.00 bits per heavy atom. The van der Waals surface area contributed by atoms with E-state index < -0.39 is 48.5 Å². The number of rotatable bonds is 4. The van der Waals surface area contributed by atoms with E-state index in [9.17, 15) is 30.3 Å². The van der Waals surface area contributed by atoms with Gasteiger partial charge in [0.2, 0.25) is 11.7 Å². The number of fused-ring (bicyclic) bond motifs is 2. The van der Waals surface area contributed by atoms with Crippen molar-refractivity contribution in [2.45, 2.75) is 30.7 Å². The molecule has 2 heterocycles. The first kappa shape index (κ1) is 20.4. The van der Waals surface area contributed by atoms with Crippen molar-refractivity contribution >= 4 is 21.9 Å². The molecule has 2 aromatic carbocycles. The van der Waals surface area contributed by atoms with Crippen molar-refractivity contribution in [3.05, 3.63) is 40.6 Å². The SMILES string of the molecule is COc1ccc2oc3cc(O[C@@H]4O[C@H](CO)[C@@H](O)[C@H](O)[C@H]4O)cc(O)c3c(=O)c2c1. The second kappa shape index (κ2) is 7.74. The third-order valence-electron chi connectivity index (χ3n) is 5.03. The number of ether oxygens (including phenoxy) is 3. The maximum Gasteiger partial charge on any atom is 0.229 e. The van der Waals surface area contributed by atoms with Crippen LogP contribution in [0.15, 0.2) is 39.5 Å². The van der Waals surface area contributed by atoms with Crippen molar-refractivity contribution in [2.75, 3.05) is 13.7 Å². The molecule has 30 heavy (non-hydrogen) atoms. The molecule has 1 fully saturated rings. The minimum absolute atomic E-state index is 0.0252. The predicted octanol–water partition coefficient (Wildman–Crippen LogP) is -0.161. The monoisotopic (exact) mass is 420 g/mol. The summed E-state index contributed by atoms with van der Waals surface area (Å²) in [6, 6.07) is 7.12. The second-order valence-corrected chi connectivity index (χ2v) is 6.92. The van der Waals surface area contributed by atoms with Crippen LogP contribution in [0.3, 0.4) is 0 Å². The van der Waals surface area contributed by atoms with E-state index in [1.165, 1.54) is 19.2 Å². The lowest BCUT2D eigenvalue weighted by Crippen LogP contribution is -2.60. The van der Waals surface area contributed by atoms with Crippen molar-refractivity contribution in [3.63, 3.8) is 0 Å². The lowest BCUT2D eigenvalue weighted by Gasteiger charge is -2.39. The molecule has 1 saturated heterocycles. The van der Waals surface area contributed by atoms with Crippen molar-refractivity contribution in [1.82, 2.24) is 0 Å². The van der Waals surface area contributed by atoms with Crippen LogP contribution in [0.5, 0.6) is 17.2 Å². The van der Waals surface area contributed by atoms with E-state index >= 15 is 0 Å². The van der Waals surface area contributed by atoms with Crippen molar-refractivity contribution < 1.29 is 44.2 Å². The van der Waals surface area contributed by atoms with Gasteiger partial charge in [-0.1, -0.05) is 0 Å². The summed E-state index contributed by atoms with van der Waals surface area (Å²) in [6.45, 7) is -0.613. The highest BCUT2D eigenvalue weighted by atomic mass is 16.7. The Morgan fingerprint density at radius 3 is 2.47 bits per heavy atom. The first-order valence-corrected chi connectivity index (χ1v) is 9.08. The molecule has 0 bridgehead atoms. The van der Waals surface area contributed by atoms with Crippen LogP contribution in [-0.2, 0) is 4.74 Å². The minimum atomic E-state index is -1.63. The first-order valence-electron chi connectivity index (χ1n) is 9.08. The number of aromatic hydroxyl groups is 1. The van der Waals surface area contributed by atoms with Crippen molar-refractivity contribution in [3.8, 4) is 17.2 Å². The van der Waals surface area contributed by atoms with Crippen LogP contribution < -0.4 is 14.9 Å². The number of aliphatic hydroxyl groups excluding tert-OH is 4.